The molecule has 0 fully saturated rings. The lowest BCUT2D eigenvalue weighted by atomic mass is 10.2. The van der Waals surface area contributed by atoms with Crippen LogP contribution < -0.4 is 0 Å². The lowest BCUT2D eigenvalue weighted by Gasteiger charge is -2.20. The van der Waals surface area contributed by atoms with Crippen molar-refractivity contribution in [2.75, 3.05) is 7.11 Å². The molecule has 0 aliphatic carbocycles. The Hall–Kier alpha value is -0.213. The van der Waals surface area contributed by atoms with E-state index in [0.717, 1.165) is 6.42 Å². The van der Waals surface area contributed by atoms with Crippen LogP contribution in [0.5, 0.6) is 0 Å². The Morgan fingerprint density at radius 2 is 1.93 bits per heavy atom. The molecule has 1 nitrogen and oxygen atoms in total. The fourth-order valence-electron chi connectivity index (χ4n) is 1.57. The first-order valence-electron chi connectivity index (χ1n) is 5.44. The van der Waals surface area contributed by atoms with Crippen LogP contribution in [0.3, 0.4) is 0 Å². The minimum atomic E-state index is -1.05. The summed E-state index contributed by atoms with van der Waals surface area (Å²) in [6, 6.07) is 0. The van der Waals surface area contributed by atoms with Crippen molar-refractivity contribution in [2.45, 2.75) is 52.2 Å². The molecular formula is C12H24OSi+. The maximum atomic E-state index is 4.79. The van der Waals surface area contributed by atoms with E-state index in [1.807, 2.05) is 0 Å². The van der Waals surface area contributed by atoms with E-state index in [1.54, 1.807) is 12.3 Å². The molecule has 0 atom stereocenters. The van der Waals surface area contributed by atoms with E-state index in [9.17, 15) is 0 Å². The fraction of sp³-hybridized carbons (Fsp3) is 0.750. The molecule has 0 saturated carbocycles. The van der Waals surface area contributed by atoms with Crippen LogP contribution in [0.4, 0.5) is 0 Å². The summed E-state index contributed by atoms with van der Waals surface area (Å²) in [5.41, 5.74) is 0. The van der Waals surface area contributed by atoms with Gasteiger partial charge in [0, 0.05) is 0 Å². The summed E-state index contributed by atoms with van der Waals surface area (Å²) in [6.45, 7) is 12.3. The van der Waals surface area contributed by atoms with Gasteiger partial charge in [-0.25, -0.2) is 0 Å². The van der Waals surface area contributed by atoms with Gasteiger partial charge >= 0.3 is 6.61 Å². The lowest BCUT2D eigenvalue weighted by Crippen LogP contribution is -2.23. The Bertz CT molecular complexity index is 168. The van der Waals surface area contributed by atoms with E-state index in [-0.39, 0.29) is 0 Å². The predicted molar refractivity (Wildman–Crippen MR) is 65.8 cm³/mol. The molecule has 0 unspecified atom stereocenters. The van der Waals surface area contributed by atoms with E-state index in [0.29, 0.717) is 0 Å². The summed E-state index contributed by atoms with van der Waals surface area (Å²) in [4.78, 5) is 0. The van der Waals surface area contributed by atoms with Crippen molar-refractivity contribution in [1.82, 2.24) is 0 Å². The molecular weight excluding hydrogens is 188 g/mol. The number of unbranched alkanes of at least 4 members (excludes halogenated alkanes) is 2. The van der Waals surface area contributed by atoms with E-state index < -0.39 is 8.07 Å². The van der Waals surface area contributed by atoms with Crippen molar-refractivity contribution in [2.24, 2.45) is 0 Å². The minimum Gasteiger partial charge on any atom is -0.148 e. The normalized spacial score (nSPS) is 13.1. The second kappa shape index (κ2) is 7.13. The zero-order valence-electron chi connectivity index (χ0n) is 10.3. The van der Waals surface area contributed by atoms with E-state index in [1.165, 1.54) is 19.3 Å². The van der Waals surface area contributed by atoms with Crippen molar-refractivity contribution in [3.8, 4) is 0 Å². The van der Waals surface area contributed by atoms with Crippen molar-refractivity contribution >= 4 is 8.07 Å². The van der Waals surface area contributed by atoms with Gasteiger partial charge in [0.2, 0.25) is 0 Å². The van der Waals surface area contributed by atoms with Gasteiger partial charge in [0.1, 0.15) is 0 Å². The van der Waals surface area contributed by atoms with Crippen molar-refractivity contribution in [1.29, 1.82) is 0 Å². The molecule has 0 bridgehead atoms. The van der Waals surface area contributed by atoms with Gasteiger partial charge in [-0.1, -0.05) is 30.9 Å². The molecule has 0 spiro atoms. The third kappa shape index (κ3) is 6.27. The Morgan fingerprint density at radius 1 is 1.29 bits per heavy atom. The fourth-order valence-corrected chi connectivity index (χ4v) is 3.36. The van der Waals surface area contributed by atoms with Crippen LogP contribution in [-0.4, -0.2) is 15.2 Å². The monoisotopic (exact) mass is 212 g/mol. The van der Waals surface area contributed by atoms with E-state index >= 15 is 0 Å². The summed E-state index contributed by atoms with van der Waals surface area (Å²) in [6.07, 6.45) is 6.99. The molecule has 0 heterocycles. The topological polar surface area (TPSA) is 9.23 Å². The molecule has 1 radical (unpaired) electrons. The molecule has 0 aliphatic rings. The van der Waals surface area contributed by atoms with Gasteiger partial charge in [-0.2, -0.15) is 0 Å². The van der Waals surface area contributed by atoms with Gasteiger partial charge in [-0.15, -0.1) is 4.74 Å². The van der Waals surface area contributed by atoms with Crippen LogP contribution in [0.1, 0.15) is 32.6 Å². The third-order valence-electron chi connectivity index (χ3n) is 2.43. The summed E-state index contributed by atoms with van der Waals surface area (Å²) < 4.78 is 4.79. The number of ether oxygens (including phenoxy) is 1. The number of hydrogen-bond donors (Lipinski definition) is 0. The number of allylic oxidation sites excluding steroid dienone is 2. The predicted octanol–water partition coefficient (Wildman–Crippen LogP) is 4.06. The number of rotatable bonds is 7. The smallest absolute Gasteiger partial charge is 0.148 e. The number of methoxy groups -OCH3 is 1. The minimum absolute atomic E-state index is 0.958. The van der Waals surface area contributed by atoms with Crippen LogP contribution in [0, 0.1) is 6.61 Å². The molecule has 0 aliphatic heterocycles. The third-order valence-corrected chi connectivity index (χ3v) is 4.90. The maximum absolute atomic E-state index is 4.79. The van der Waals surface area contributed by atoms with Crippen molar-refractivity contribution < 1.29 is 4.74 Å². The zero-order valence-corrected chi connectivity index (χ0v) is 11.3. The lowest BCUT2D eigenvalue weighted by molar-refractivity contribution is 0.262. The highest BCUT2D eigenvalue weighted by atomic mass is 28.3. The van der Waals surface area contributed by atoms with E-state index in [2.05, 4.69) is 39.2 Å². The molecule has 0 N–H and O–H groups in total. The van der Waals surface area contributed by atoms with Gasteiger partial charge in [-0.3, -0.25) is 0 Å². The SMILES string of the molecule is C/C=C(/CCCC[C+]OC)[Si](C)(C)C. The first-order chi connectivity index (χ1) is 6.52. The first kappa shape index (κ1) is 13.8. The van der Waals surface area contributed by atoms with Crippen LogP contribution in [-0.2, 0) is 4.74 Å². The highest BCUT2D eigenvalue weighted by Gasteiger charge is 2.18. The molecule has 0 rings (SSSR count). The molecule has 0 aromatic rings. The molecule has 0 amide bonds. The van der Waals surface area contributed by atoms with Crippen molar-refractivity contribution in [3.63, 3.8) is 0 Å². The molecule has 0 aromatic heterocycles. The summed E-state index contributed by atoms with van der Waals surface area (Å²) in [5.74, 6) is 0. The standard InChI is InChI=1S/C12H24OSi/c1-6-12(14(3,4)5)10-8-7-9-11-13-2/h6H,7-10H2,1-5H3/q+1/b12-6-. The van der Waals surface area contributed by atoms with E-state index in [4.69, 9.17) is 4.74 Å². The molecule has 0 saturated heterocycles. The van der Waals surface area contributed by atoms with Gasteiger partial charge in [-0.05, 0) is 26.2 Å². The van der Waals surface area contributed by atoms with Gasteiger partial charge in [0.15, 0.2) is 6.42 Å². The zero-order chi connectivity index (χ0) is 11.0. The largest absolute Gasteiger partial charge is 0.463 e. The Labute approximate surface area is 90.6 Å². The quantitative estimate of drug-likeness (QED) is 0.351. The molecule has 14 heavy (non-hydrogen) atoms. The summed E-state index contributed by atoms with van der Waals surface area (Å²) in [7, 11) is 0.620. The average molecular weight is 212 g/mol. The van der Waals surface area contributed by atoms with Crippen LogP contribution >= 0.6 is 0 Å². The molecule has 2 heteroatoms. The first-order valence-corrected chi connectivity index (χ1v) is 8.94. The Morgan fingerprint density at radius 3 is 2.36 bits per heavy atom. The highest BCUT2D eigenvalue weighted by molar-refractivity contribution is 6.83. The van der Waals surface area contributed by atoms with Gasteiger partial charge in [0.05, 0.1) is 15.2 Å². The second-order valence-corrected chi connectivity index (χ2v) is 9.76. The molecule has 0 aromatic carbocycles. The highest BCUT2D eigenvalue weighted by Crippen LogP contribution is 2.20. The Balaban J connectivity index is 3.66. The van der Waals surface area contributed by atoms with Gasteiger partial charge in [0.25, 0.3) is 0 Å². The van der Waals surface area contributed by atoms with Crippen LogP contribution in [0.25, 0.3) is 0 Å². The molecule has 81 valence electrons. The van der Waals surface area contributed by atoms with Gasteiger partial charge < -0.3 is 0 Å². The Kier molecular flexibility index (Phi) is 7.02. The average Bonchev–Trinajstić information content (AvgIpc) is 2.09. The summed E-state index contributed by atoms with van der Waals surface area (Å²) >= 11 is 0. The number of hydrogen-bond acceptors (Lipinski definition) is 1. The second-order valence-electron chi connectivity index (χ2n) is 4.62. The van der Waals surface area contributed by atoms with Crippen LogP contribution in [0.15, 0.2) is 11.3 Å². The maximum Gasteiger partial charge on any atom is 0.463 e. The van der Waals surface area contributed by atoms with Crippen molar-refractivity contribution in [3.05, 3.63) is 17.9 Å². The summed E-state index contributed by atoms with van der Waals surface area (Å²) in [5, 5.41) is 1.69. The van der Waals surface area contributed by atoms with Crippen LogP contribution in [0.2, 0.25) is 19.6 Å².